The number of allylic oxidation sites excluding steroid dienone is 6. The largest absolute Gasteiger partial charge is 0.466 e. The zero-order valence-electron chi connectivity index (χ0n) is 42.1. The quantitative estimate of drug-likeness (QED) is 0.0321. The lowest BCUT2D eigenvalue weighted by Crippen LogP contribution is -2.45. The Balaban J connectivity index is 3.53. The molecule has 0 aliphatic heterocycles. The molecule has 0 saturated heterocycles. The number of ether oxygens (including phenoxy) is 1. The zero-order chi connectivity index (χ0) is 45.8. The Hall–Kier alpha value is -1.92. The number of amides is 1. The molecule has 0 bridgehead atoms. The fourth-order valence-corrected chi connectivity index (χ4v) is 8.37. The third-order valence-electron chi connectivity index (χ3n) is 12.7. The van der Waals surface area contributed by atoms with Gasteiger partial charge >= 0.3 is 5.97 Å². The van der Waals surface area contributed by atoms with E-state index in [4.69, 9.17) is 4.74 Å². The molecule has 3 N–H and O–H groups in total. The van der Waals surface area contributed by atoms with E-state index < -0.39 is 12.1 Å². The van der Waals surface area contributed by atoms with Crippen LogP contribution in [0.5, 0.6) is 0 Å². The average molecular weight is 886 g/mol. The van der Waals surface area contributed by atoms with Crippen LogP contribution in [0.25, 0.3) is 0 Å². The Bertz CT molecular complexity index is 1020. The van der Waals surface area contributed by atoms with Gasteiger partial charge in [0.1, 0.15) is 0 Å². The van der Waals surface area contributed by atoms with Crippen molar-refractivity contribution in [1.82, 2.24) is 5.32 Å². The van der Waals surface area contributed by atoms with Crippen LogP contribution in [0, 0.1) is 0 Å². The van der Waals surface area contributed by atoms with Gasteiger partial charge in [0.05, 0.1) is 25.4 Å². The lowest BCUT2D eigenvalue weighted by Gasteiger charge is -2.22. The maximum atomic E-state index is 12.5. The van der Waals surface area contributed by atoms with Crippen LogP contribution in [0.1, 0.15) is 290 Å². The van der Waals surface area contributed by atoms with Gasteiger partial charge in [-0.3, -0.25) is 9.59 Å². The minimum atomic E-state index is -0.688. The minimum Gasteiger partial charge on any atom is -0.466 e. The summed E-state index contributed by atoms with van der Waals surface area (Å²) in [6.07, 6.45) is 64.1. The van der Waals surface area contributed by atoms with Crippen molar-refractivity contribution < 1.29 is 24.5 Å². The molecule has 0 rings (SSSR count). The van der Waals surface area contributed by atoms with Crippen molar-refractivity contribution >= 4 is 11.9 Å². The maximum absolute atomic E-state index is 12.5. The van der Waals surface area contributed by atoms with E-state index >= 15 is 0 Å². The first-order chi connectivity index (χ1) is 31.0. The highest BCUT2D eigenvalue weighted by atomic mass is 16.5. The van der Waals surface area contributed by atoms with E-state index in [9.17, 15) is 19.8 Å². The number of aliphatic hydroxyl groups is 2. The third kappa shape index (κ3) is 49.4. The van der Waals surface area contributed by atoms with Crippen molar-refractivity contribution in [3.8, 4) is 0 Å². The Morgan fingerprint density at radius 2 is 0.794 bits per heavy atom. The molecule has 0 aliphatic carbocycles. The molecule has 0 saturated carbocycles. The number of esters is 1. The van der Waals surface area contributed by atoms with E-state index in [1.54, 1.807) is 0 Å². The van der Waals surface area contributed by atoms with E-state index in [1.165, 1.54) is 167 Å². The molecule has 370 valence electrons. The lowest BCUT2D eigenvalue weighted by molar-refractivity contribution is -0.143. The van der Waals surface area contributed by atoms with Gasteiger partial charge in [-0.2, -0.15) is 0 Å². The topological polar surface area (TPSA) is 95.9 Å². The van der Waals surface area contributed by atoms with Gasteiger partial charge in [-0.1, -0.05) is 230 Å². The number of unbranched alkanes of at least 4 members (excludes halogenated alkanes) is 34. The molecular formula is C57H107NO5. The highest BCUT2D eigenvalue weighted by Gasteiger charge is 2.20. The van der Waals surface area contributed by atoms with Crippen molar-refractivity contribution in [2.75, 3.05) is 13.2 Å². The van der Waals surface area contributed by atoms with Crippen molar-refractivity contribution in [2.24, 2.45) is 0 Å². The van der Waals surface area contributed by atoms with Crippen LogP contribution in [0.2, 0.25) is 0 Å². The van der Waals surface area contributed by atoms with Crippen molar-refractivity contribution in [1.29, 1.82) is 0 Å². The number of hydrogen-bond donors (Lipinski definition) is 3. The van der Waals surface area contributed by atoms with Crippen molar-refractivity contribution in [3.05, 3.63) is 36.5 Å². The third-order valence-corrected chi connectivity index (χ3v) is 12.7. The summed E-state index contributed by atoms with van der Waals surface area (Å²) in [7, 11) is 0. The van der Waals surface area contributed by atoms with Gasteiger partial charge in [0, 0.05) is 12.8 Å². The summed E-state index contributed by atoms with van der Waals surface area (Å²) < 4.78 is 5.43. The first kappa shape index (κ1) is 61.1. The Kier molecular flexibility index (Phi) is 51.1. The summed E-state index contributed by atoms with van der Waals surface area (Å²) in [5, 5.41) is 23.3. The van der Waals surface area contributed by atoms with Crippen LogP contribution < -0.4 is 5.32 Å². The van der Waals surface area contributed by atoms with Crippen LogP contribution in [0.15, 0.2) is 36.5 Å². The number of carbonyl (C=O) groups excluding carboxylic acids is 2. The number of rotatable bonds is 51. The van der Waals surface area contributed by atoms with Gasteiger partial charge in [-0.25, -0.2) is 0 Å². The molecule has 2 unspecified atom stereocenters. The molecule has 0 aromatic rings. The summed E-state index contributed by atoms with van der Waals surface area (Å²) in [6, 6.07) is -0.569. The zero-order valence-corrected chi connectivity index (χ0v) is 42.1. The molecule has 6 nitrogen and oxygen atoms in total. The van der Waals surface area contributed by atoms with Crippen LogP contribution >= 0.6 is 0 Å². The fraction of sp³-hybridized carbons (Fsp3) is 0.860. The molecule has 0 aliphatic rings. The van der Waals surface area contributed by atoms with E-state index in [0.717, 1.165) is 89.9 Å². The molecule has 1 amide bonds. The number of aliphatic hydroxyl groups excluding tert-OH is 2. The standard InChI is InChI=1S/C57H107NO5/c1-3-5-7-9-11-13-15-17-19-21-22-23-24-25-27-29-33-37-41-45-49-55(60)54(53-59)58-56(61)50-46-42-38-34-31-32-36-40-44-48-52-63-57(62)51-47-43-39-35-30-28-26-20-18-16-14-12-10-8-6-4-2/h14,16,20,26,32,36,54-55,59-60H,3-13,15,17-19,21-25,27-31,33-35,37-53H2,1-2H3,(H,58,61)/b16-14-,26-20-,36-32-. The Morgan fingerprint density at radius 1 is 0.444 bits per heavy atom. The number of hydrogen-bond acceptors (Lipinski definition) is 5. The second kappa shape index (κ2) is 52.7. The second-order valence-corrected chi connectivity index (χ2v) is 18.9. The smallest absolute Gasteiger partial charge is 0.305 e. The van der Waals surface area contributed by atoms with Gasteiger partial charge in [-0.15, -0.1) is 0 Å². The SMILES string of the molecule is CCCCCC/C=C\C/C=C\CCCCCCCC(=O)OCCCC/C=C\CCCCCCC(=O)NC(CO)C(O)CCCCCCCCCCCCCCCCCCCCCC. The van der Waals surface area contributed by atoms with Gasteiger partial charge in [0.25, 0.3) is 0 Å². The Labute approximate surface area is 392 Å². The van der Waals surface area contributed by atoms with Gasteiger partial charge in [-0.05, 0) is 83.5 Å². The summed E-state index contributed by atoms with van der Waals surface area (Å²) in [5.74, 6) is -0.120. The number of carbonyl (C=O) groups is 2. The van der Waals surface area contributed by atoms with Crippen molar-refractivity contribution in [3.63, 3.8) is 0 Å². The maximum Gasteiger partial charge on any atom is 0.305 e. The molecule has 6 heteroatoms. The van der Waals surface area contributed by atoms with Gasteiger partial charge in [0.15, 0.2) is 0 Å². The highest BCUT2D eigenvalue weighted by Crippen LogP contribution is 2.17. The summed E-state index contributed by atoms with van der Waals surface area (Å²) >= 11 is 0. The molecule has 0 aromatic carbocycles. The van der Waals surface area contributed by atoms with Crippen molar-refractivity contribution in [2.45, 2.75) is 302 Å². The lowest BCUT2D eigenvalue weighted by atomic mass is 10.0. The number of nitrogens with one attached hydrogen (secondary N) is 1. The van der Waals surface area contributed by atoms with Crippen LogP contribution in [0.4, 0.5) is 0 Å². The van der Waals surface area contributed by atoms with E-state index in [1.807, 2.05) is 0 Å². The molecule has 2 atom stereocenters. The normalized spacial score (nSPS) is 12.9. The molecule has 0 fully saturated rings. The van der Waals surface area contributed by atoms with E-state index in [2.05, 4.69) is 55.6 Å². The van der Waals surface area contributed by atoms with E-state index in [-0.39, 0.29) is 18.5 Å². The monoisotopic (exact) mass is 886 g/mol. The molecule has 63 heavy (non-hydrogen) atoms. The predicted molar refractivity (Wildman–Crippen MR) is 273 cm³/mol. The summed E-state index contributed by atoms with van der Waals surface area (Å²) in [6.45, 7) is 4.85. The first-order valence-electron chi connectivity index (χ1n) is 27.7. The molecule has 0 radical (unpaired) electrons. The minimum absolute atomic E-state index is 0.0495. The molecular weight excluding hydrogens is 779 g/mol. The van der Waals surface area contributed by atoms with E-state index in [0.29, 0.717) is 25.9 Å². The highest BCUT2D eigenvalue weighted by molar-refractivity contribution is 5.76. The molecule has 0 aromatic heterocycles. The van der Waals surface area contributed by atoms with Gasteiger partial charge < -0.3 is 20.3 Å². The van der Waals surface area contributed by atoms with Crippen LogP contribution in [0.3, 0.4) is 0 Å². The van der Waals surface area contributed by atoms with Crippen LogP contribution in [-0.2, 0) is 14.3 Å². The first-order valence-corrected chi connectivity index (χ1v) is 27.7. The van der Waals surface area contributed by atoms with Gasteiger partial charge in [0.2, 0.25) is 5.91 Å². The summed E-state index contributed by atoms with van der Waals surface area (Å²) in [4.78, 5) is 24.5. The Morgan fingerprint density at radius 3 is 1.24 bits per heavy atom. The molecule has 0 spiro atoms. The fourth-order valence-electron chi connectivity index (χ4n) is 8.37. The predicted octanol–water partition coefficient (Wildman–Crippen LogP) is 16.9. The summed E-state index contributed by atoms with van der Waals surface area (Å²) in [5.41, 5.74) is 0. The second-order valence-electron chi connectivity index (χ2n) is 18.9. The van der Waals surface area contributed by atoms with Crippen LogP contribution in [-0.4, -0.2) is 47.4 Å². The molecule has 0 heterocycles. The average Bonchev–Trinajstić information content (AvgIpc) is 3.28.